The summed E-state index contributed by atoms with van der Waals surface area (Å²) in [5, 5.41) is 10.0. The number of likely N-dealkylation sites (tertiary alicyclic amines) is 1. The number of aromatic nitrogens is 1. The molecule has 3 fully saturated rings. The van der Waals surface area contributed by atoms with Gasteiger partial charge in [-0.15, -0.1) is 0 Å². The van der Waals surface area contributed by atoms with Crippen LogP contribution >= 0.6 is 0 Å². The molecule has 4 rings (SSSR count). The van der Waals surface area contributed by atoms with Gasteiger partial charge < -0.3 is 14.4 Å². The largest absolute Gasteiger partial charge is 0.447 e. The van der Waals surface area contributed by atoms with E-state index in [1.807, 2.05) is 0 Å². The van der Waals surface area contributed by atoms with Crippen molar-refractivity contribution in [3.05, 3.63) is 17.8 Å². The van der Waals surface area contributed by atoms with Crippen LogP contribution in [-0.4, -0.2) is 82.1 Å². The number of oxazole rings is 1. The van der Waals surface area contributed by atoms with E-state index < -0.39 is 0 Å². The fourth-order valence-corrected chi connectivity index (χ4v) is 6.37. The van der Waals surface area contributed by atoms with Gasteiger partial charge in [0, 0.05) is 45.3 Å². The molecule has 2 saturated heterocycles. The first-order valence-electron chi connectivity index (χ1n) is 12.0. The minimum Gasteiger partial charge on any atom is -0.447 e. The molecule has 1 aromatic rings. The van der Waals surface area contributed by atoms with Crippen LogP contribution < -0.4 is 0 Å². The molecular weight excluding hydrogens is 392 g/mol. The van der Waals surface area contributed by atoms with Crippen molar-refractivity contribution >= 4 is 5.91 Å². The maximum atomic E-state index is 13.2. The van der Waals surface area contributed by atoms with E-state index in [1.54, 1.807) is 6.26 Å². The van der Waals surface area contributed by atoms with E-state index in [0.29, 0.717) is 24.2 Å². The number of piperazine rings is 1. The molecule has 1 N–H and O–H groups in total. The van der Waals surface area contributed by atoms with Gasteiger partial charge in [-0.3, -0.25) is 14.6 Å². The Morgan fingerprint density at radius 3 is 2.65 bits per heavy atom. The number of nitrogens with zero attached hydrogens (tertiary/aromatic N) is 4. The van der Waals surface area contributed by atoms with E-state index in [0.717, 1.165) is 65.0 Å². The van der Waals surface area contributed by atoms with Crippen molar-refractivity contribution in [1.29, 1.82) is 0 Å². The minimum absolute atomic E-state index is 0.0242. The van der Waals surface area contributed by atoms with Gasteiger partial charge in [0.15, 0.2) is 5.69 Å². The van der Waals surface area contributed by atoms with Gasteiger partial charge in [-0.2, -0.15) is 0 Å². The third-order valence-corrected chi connectivity index (χ3v) is 7.36. The number of fused-ring (bicyclic) bond motifs is 2. The summed E-state index contributed by atoms with van der Waals surface area (Å²) in [4.78, 5) is 24.5. The molecule has 1 saturated carbocycles. The summed E-state index contributed by atoms with van der Waals surface area (Å²) in [7, 11) is 0. The molecule has 31 heavy (non-hydrogen) atoms. The number of aliphatic hydroxyl groups excluding tert-OH is 1. The summed E-state index contributed by atoms with van der Waals surface area (Å²) in [6, 6.07) is 0.317. The second kappa shape index (κ2) is 8.83. The van der Waals surface area contributed by atoms with Crippen LogP contribution in [0.3, 0.4) is 0 Å². The highest BCUT2D eigenvalue weighted by molar-refractivity contribution is 5.92. The molecule has 0 radical (unpaired) electrons. The predicted molar refractivity (Wildman–Crippen MR) is 120 cm³/mol. The maximum Gasteiger partial charge on any atom is 0.276 e. The average molecular weight is 433 g/mol. The smallest absolute Gasteiger partial charge is 0.276 e. The summed E-state index contributed by atoms with van der Waals surface area (Å²) in [5.41, 5.74) is 0.959. The number of hydrogen-bond donors (Lipinski definition) is 1. The molecule has 0 aromatic carbocycles. The number of carbonyl (C=O) groups is 1. The summed E-state index contributed by atoms with van der Waals surface area (Å²) in [6.45, 7) is 15.0. The number of amides is 1. The summed E-state index contributed by atoms with van der Waals surface area (Å²) in [5.74, 6) is 0.646. The lowest BCUT2D eigenvalue weighted by Crippen LogP contribution is -2.48. The third kappa shape index (κ3) is 5.32. The third-order valence-electron chi connectivity index (χ3n) is 7.36. The SMILES string of the molecule is CCCC(O)CN1CCN(Cc2nc(C(=O)N3CC4(C)CC3CC(C)(C)C4)co2)CC1. The zero-order chi connectivity index (χ0) is 22.2. The molecule has 1 aromatic heterocycles. The van der Waals surface area contributed by atoms with Crippen LogP contribution in [0.25, 0.3) is 0 Å². The first-order valence-corrected chi connectivity index (χ1v) is 12.0. The van der Waals surface area contributed by atoms with Crippen LogP contribution in [0.4, 0.5) is 0 Å². The second-order valence-electron chi connectivity index (χ2n) is 11.3. The highest BCUT2D eigenvalue weighted by atomic mass is 16.3. The number of β-amino-alcohol motifs (C(OH)–C–C–N with tert-alkyl or cyclic N) is 1. The monoisotopic (exact) mass is 432 g/mol. The molecule has 3 aliphatic rings. The highest BCUT2D eigenvalue weighted by Gasteiger charge is 2.51. The molecule has 1 amide bonds. The standard InChI is InChI=1S/C24H40N4O3/c1-5-6-19(29)13-26-7-9-27(10-8-26)14-21-25-20(15-31-21)22(30)28-17-24(4)12-18(28)11-23(2,3)16-24/h15,18-19,29H,5-14,16-17H2,1-4H3. The quantitative estimate of drug-likeness (QED) is 0.714. The summed E-state index contributed by atoms with van der Waals surface area (Å²) >= 11 is 0. The van der Waals surface area contributed by atoms with Gasteiger partial charge >= 0.3 is 0 Å². The molecule has 3 heterocycles. The van der Waals surface area contributed by atoms with Gasteiger partial charge in [0.25, 0.3) is 5.91 Å². The average Bonchev–Trinajstić information content (AvgIpc) is 3.24. The Hall–Kier alpha value is -1.44. The molecule has 0 spiro atoms. The van der Waals surface area contributed by atoms with Crippen molar-refractivity contribution in [2.75, 3.05) is 39.3 Å². The normalized spacial score (nSPS) is 30.0. The van der Waals surface area contributed by atoms with Crippen molar-refractivity contribution < 1.29 is 14.3 Å². The van der Waals surface area contributed by atoms with Crippen molar-refractivity contribution in [1.82, 2.24) is 19.7 Å². The molecule has 1 aliphatic carbocycles. The summed E-state index contributed by atoms with van der Waals surface area (Å²) < 4.78 is 5.69. The predicted octanol–water partition coefficient (Wildman–Crippen LogP) is 2.99. The minimum atomic E-state index is -0.227. The number of carbonyl (C=O) groups excluding carboxylic acids is 1. The van der Waals surface area contributed by atoms with Crippen LogP contribution in [0.5, 0.6) is 0 Å². The van der Waals surface area contributed by atoms with Crippen LogP contribution in [0.15, 0.2) is 10.7 Å². The van der Waals surface area contributed by atoms with Gasteiger partial charge in [0.05, 0.1) is 12.6 Å². The van der Waals surface area contributed by atoms with Crippen LogP contribution in [0.2, 0.25) is 0 Å². The molecule has 3 atom stereocenters. The van der Waals surface area contributed by atoms with Crippen LogP contribution in [0, 0.1) is 10.8 Å². The first-order chi connectivity index (χ1) is 14.7. The Morgan fingerprint density at radius 1 is 1.23 bits per heavy atom. The number of aliphatic hydroxyl groups is 1. The fourth-order valence-electron chi connectivity index (χ4n) is 6.37. The number of rotatable bonds is 7. The Bertz CT molecular complexity index is 771. The zero-order valence-electron chi connectivity index (χ0n) is 19.8. The van der Waals surface area contributed by atoms with Crippen molar-refractivity contribution in [3.63, 3.8) is 0 Å². The lowest BCUT2D eigenvalue weighted by Gasteiger charge is -2.39. The van der Waals surface area contributed by atoms with E-state index in [1.165, 1.54) is 6.42 Å². The van der Waals surface area contributed by atoms with Crippen molar-refractivity contribution in [2.45, 2.75) is 78.5 Å². The maximum absolute atomic E-state index is 13.2. The Kier molecular flexibility index (Phi) is 6.48. The highest BCUT2D eigenvalue weighted by Crippen LogP contribution is 2.52. The number of hydrogen-bond acceptors (Lipinski definition) is 6. The van der Waals surface area contributed by atoms with Crippen molar-refractivity contribution in [2.24, 2.45) is 10.8 Å². The van der Waals surface area contributed by atoms with Gasteiger partial charge in [-0.05, 0) is 36.5 Å². The lowest BCUT2D eigenvalue weighted by atomic mass is 9.65. The lowest BCUT2D eigenvalue weighted by molar-refractivity contribution is 0.0634. The van der Waals surface area contributed by atoms with E-state index >= 15 is 0 Å². The molecule has 3 unspecified atom stereocenters. The first kappa shape index (κ1) is 22.7. The molecule has 7 nitrogen and oxygen atoms in total. The Morgan fingerprint density at radius 2 is 1.94 bits per heavy atom. The summed E-state index contributed by atoms with van der Waals surface area (Å²) in [6.07, 6.45) is 6.54. The van der Waals surface area contributed by atoms with E-state index in [2.05, 4.69) is 47.4 Å². The molecule has 2 bridgehead atoms. The van der Waals surface area contributed by atoms with E-state index in [9.17, 15) is 9.90 Å². The van der Waals surface area contributed by atoms with Gasteiger partial charge in [-0.1, -0.05) is 34.1 Å². The second-order valence-corrected chi connectivity index (χ2v) is 11.3. The molecule has 174 valence electrons. The van der Waals surface area contributed by atoms with Gasteiger partial charge in [0.2, 0.25) is 5.89 Å². The Balaban J connectivity index is 1.30. The van der Waals surface area contributed by atoms with Gasteiger partial charge in [0.1, 0.15) is 6.26 Å². The zero-order valence-corrected chi connectivity index (χ0v) is 19.8. The van der Waals surface area contributed by atoms with Gasteiger partial charge in [-0.25, -0.2) is 4.98 Å². The fraction of sp³-hybridized carbons (Fsp3) is 0.833. The van der Waals surface area contributed by atoms with E-state index in [4.69, 9.17) is 4.42 Å². The molecule has 2 aliphatic heterocycles. The Labute approximate surface area is 186 Å². The van der Waals surface area contributed by atoms with Crippen molar-refractivity contribution in [3.8, 4) is 0 Å². The van der Waals surface area contributed by atoms with Crippen LogP contribution in [0.1, 0.15) is 76.2 Å². The molecule has 7 heteroatoms. The van der Waals surface area contributed by atoms with E-state index in [-0.39, 0.29) is 22.8 Å². The molecular formula is C24H40N4O3. The van der Waals surface area contributed by atoms with Crippen LogP contribution in [-0.2, 0) is 6.54 Å². The topological polar surface area (TPSA) is 73.1 Å².